The van der Waals surface area contributed by atoms with E-state index in [1.54, 1.807) is 0 Å². The highest BCUT2D eigenvalue weighted by molar-refractivity contribution is 5.64. The Morgan fingerprint density at radius 1 is 0.950 bits per heavy atom. The maximum atomic E-state index is 3.77. The third-order valence-electron chi connectivity index (χ3n) is 4.02. The Labute approximate surface area is 123 Å². The standard InChI is InChI=1S/C20H24/c1-4-6-7-17-8-10-19(11-9-17)20-14-12-18(13-15-20)16(3)5-2/h4,8-16H,1,5-7H2,2-3H3. The zero-order valence-electron chi connectivity index (χ0n) is 12.6. The van der Waals surface area contributed by atoms with Crippen molar-refractivity contribution in [3.63, 3.8) is 0 Å². The van der Waals surface area contributed by atoms with Crippen LogP contribution in [0.5, 0.6) is 0 Å². The molecule has 104 valence electrons. The van der Waals surface area contributed by atoms with Crippen LogP contribution in [0.15, 0.2) is 61.2 Å². The average molecular weight is 264 g/mol. The van der Waals surface area contributed by atoms with Crippen LogP contribution in [0.2, 0.25) is 0 Å². The quantitative estimate of drug-likeness (QED) is 0.562. The third-order valence-corrected chi connectivity index (χ3v) is 4.02. The van der Waals surface area contributed by atoms with Crippen LogP contribution in [0, 0.1) is 0 Å². The Balaban J connectivity index is 2.13. The van der Waals surface area contributed by atoms with Gasteiger partial charge in [0.1, 0.15) is 0 Å². The number of aryl methyl sites for hydroxylation is 1. The molecule has 1 atom stereocenters. The van der Waals surface area contributed by atoms with Gasteiger partial charge in [0.15, 0.2) is 0 Å². The minimum atomic E-state index is 0.644. The summed E-state index contributed by atoms with van der Waals surface area (Å²) in [6.45, 7) is 8.29. The van der Waals surface area contributed by atoms with Crippen LogP contribution in [0.3, 0.4) is 0 Å². The molecule has 0 fully saturated rings. The molecule has 0 heterocycles. The fourth-order valence-corrected chi connectivity index (χ4v) is 2.37. The number of allylic oxidation sites excluding steroid dienone is 1. The van der Waals surface area contributed by atoms with Gasteiger partial charge in [-0.1, -0.05) is 68.5 Å². The first-order valence-electron chi connectivity index (χ1n) is 7.54. The molecule has 0 radical (unpaired) electrons. The van der Waals surface area contributed by atoms with Crippen molar-refractivity contribution in [3.05, 3.63) is 72.3 Å². The normalized spacial score (nSPS) is 12.1. The molecule has 20 heavy (non-hydrogen) atoms. The molecule has 0 aliphatic carbocycles. The monoisotopic (exact) mass is 264 g/mol. The van der Waals surface area contributed by atoms with E-state index in [-0.39, 0.29) is 0 Å². The highest BCUT2D eigenvalue weighted by atomic mass is 14.1. The minimum absolute atomic E-state index is 0.644. The van der Waals surface area contributed by atoms with Gasteiger partial charge in [-0.05, 0) is 47.4 Å². The second-order valence-electron chi connectivity index (χ2n) is 5.46. The van der Waals surface area contributed by atoms with Gasteiger partial charge in [0.25, 0.3) is 0 Å². The topological polar surface area (TPSA) is 0 Å². The fraction of sp³-hybridized carbons (Fsp3) is 0.300. The van der Waals surface area contributed by atoms with E-state index in [2.05, 4.69) is 69.0 Å². The van der Waals surface area contributed by atoms with E-state index in [0.29, 0.717) is 5.92 Å². The molecule has 0 spiro atoms. The Morgan fingerprint density at radius 2 is 1.50 bits per heavy atom. The summed E-state index contributed by atoms with van der Waals surface area (Å²) in [6.07, 6.45) is 5.29. The van der Waals surface area contributed by atoms with E-state index in [1.165, 1.54) is 28.7 Å². The summed E-state index contributed by atoms with van der Waals surface area (Å²) in [5.41, 5.74) is 5.40. The van der Waals surface area contributed by atoms with Crippen molar-refractivity contribution in [2.75, 3.05) is 0 Å². The van der Waals surface area contributed by atoms with E-state index in [9.17, 15) is 0 Å². The van der Waals surface area contributed by atoms with Crippen LogP contribution in [-0.2, 0) is 6.42 Å². The van der Waals surface area contributed by atoms with Gasteiger partial charge in [0.05, 0.1) is 0 Å². The van der Waals surface area contributed by atoms with Gasteiger partial charge in [0, 0.05) is 0 Å². The van der Waals surface area contributed by atoms with Crippen molar-refractivity contribution in [2.24, 2.45) is 0 Å². The van der Waals surface area contributed by atoms with Crippen molar-refractivity contribution in [1.82, 2.24) is 0 Å². The Kier molecular flexibility index (Phi) is 5.17. The van der Waals surface area contributed by atoms with Crippen LogP contribution >= 0.6 is 0 Å². The number of benzene rings is 2. The van der Waals surface area contributed by atoms with Gasteiger partial charge in [-0.25, -0.2) is 0 Å². The van der Waals surface area contributed by atoms with E-state index in [4.69, 9.17) is 0 Å². The Morgan fingerprint density at radius 3 is 2.00 bits per heavy atom. The first kappa shape index (κ1) is 14.6. The van der Waals surface area contributed by atoms with E-state index < -0.39 is 0 Å². The largest absolute Gasteiger partial charge is 0.103 e. The summed E-state index contributed by atoms with van der Waals surface area (Å²) in [4.78, 5) is 0. The first-order valence-corrected chi connectivity index (χ1v) is 7.54. The summed E-state index contributed by atoms with van der Waals surface area (Å²) >= 11 is 0. The number of hydrogen-bond donors (Lipinski definition) is 0. The van der Waals surface area contributed by atoms with Crippen molar-refractivity contribution >= 4 is 0 Å². The Bertz CT molecular complexity index is 531. The van der Waals surface area contributed by atoms with Gasteiger partial charge in [-0.3, -0.25) is 0 Å². The molecule has 2 aromatic carbocycles. The molecule has 0 N–H and O–H groups in total. The van der Waals surface area contributed by atoms with Gasteiger partial charge in [0.2, 0.25) is 0 Å². The smallest absolute Gasteiger partial charge is 0.0184 e. The van der Waals surface area contributed by atoms with E-state index in [1.807, 2.05) is 6.08 Å². The van der Waals surface area contributed by atoms with Crippen LogP contribution < -0.4 is 0 Å². The number of hydrogen-bond acceptors (Lipinski definition) is 0. The molecule has 0 nitrogen and oxygen atoms in total. The molecule has 0 saturated heterocycles. The molecule has 0 bridgehead atoms. The highest BCUT2D eigenvalue weighted by Gasteiger charge is 2.03. The molecule has 0 saturated carbocycles. The molecule has 2 aromatic rings. The van der Waals surface area contributed by atoms with Gasteiger partial charge in [-0.2, -0.15) is 0 Å². The minimum Gasteiger partial charge on any atom is -0.103 e. The van der Waals surface area contributed by atoms with Crippen molar-refractivity contribution in [1.29, 1.82) is 0 Å². The fourth-order valence-electron chi connectivity index (χ4n) is 2.37. The third kappa shape index (κ3) is 3.60. The molecular formula is C20H24. The van der Waals surface area contributed by atoms with Gasteiger partial charge < -0.3 is 0 Å². The van der Waals surface area contributed by atoms with Crippen molar-refractivity contribution < 1.29 is 0 Å². The lowest BCUT2D eigenvalue weighted by molar-refractivity contribution is 0.734. The van der Waals surface area contributed by atoms with Gasteiger partial charge in [-0.15, -0.1) is 6.58 Å². The average Bonchev–Trinajstić information content (AvgIpc) is 2.53. The molecule has 0 aliphatic heterocycles. The zero-order valence-corrected chi connectivity index (χ0v) is 12.6. The summed E-state index contributed by atoms with van der Waals surface area (Å²) in [5, 5.41) is 0. The van der Waals surface area contributed by atoms with Crippen LogP contribution in [0.25, 0.3) is 11.1 Å². The molecule has 0 aromatic heterocycles. The lowest BCUT2D eigenvalue weighted by Crippen LogP contribution is -1.90. The second kappa shape index (κ2) is 7.09. The highest BCUT2D eigenvalue weighted by Crippen LogP contribution is 2.24. The molecular weight excluding hydrogens is 240 g/mol. The Hall–Kier alpha value is -1.82. The first-order chi connectivity index (χ1) is 9.74. The van der Waals surface area contributed by atoms with Crippen LogP contribution in [0.4, 0.5) is 0 Å². The molecule has 0 aliphatic rings. The van der Waals surface area contributed by atoms with Gasteiger partial charge >= 0.3 is 0 Å². The maximum Gasteiger partial charge on any atom is -0.0184 e. The summed E-state index contributed by atoms with van der Waals surface area (Å²) in [6, 6.07) is 17.9. The molecule has 0 amide bonds. The number of rotatable bonds is 6. The summed E-state index contributed by atoms with van der Waals surface area (Å²) in [7, 11) is 0. The SMILES string of the molecule is C=CCCc1ccc(-c2ccc(C(C)CC)cc2)cc1. The second-order valence-corrected chi connectivity index (χ2v) is 5.46. The molecule has 1 unspecified atom stereocenters. The maximum absolute atomic E-state index is 3.77. The van der Waals surface area contributed by atoms with Crippen LogP contribution in [-0.4, -0.2) is 0 Å². The zero-order chi connectivity index (χ0) is 14.4. The summed E-state index contributed by atoms with van der Waals surface area (Å²) in [5.74, 6) is 0.644. The van der Waals surface area contributed by atoms with Crippen LogP contribution in [0.1, 0.15) is 43.7 Å². The van der Waals surface area contributed by atoms with E-state index >= 15 is 0 Å². The molecule has 2 rings (SSSR count). The summed E-state index contributed by atoms with van der Waals surface area (Å²) < 4.78 is 0. The lowest BCUT2D eigenvalue weighted by Gasteiger charge is -2.10. The lowest BCUT2D eigenvalue weighted by atomic mass is 9.95. The van der Waals surface area contributed by atoms with Crippen molar-refractivity contribution in [2.45, 2.75) is 39.0 Å². The molecule has 0 heteroatoms. The van der Waals surface area contributed by atoms with E-state index in [0.717, 1.165) is 12.8 Å². The predicted octanol–water partition coefficient (Wildman–Crippen LogP) is 5.99. The van der Waals surface area contributed by atoms with Crippen molar-refractivity contribution in [3.8, 4) is 11.1 Å². The predicted molar refractivity (Wildman–Crippen MR) is 89.1 cm³/mol.